The maximum absolute atomic E-state index is 13.3. The van der Waals surface area contributed by atoms with Gasteiger partial charge in [-0.05, 0) is 12.1 Å². The van der Waals surface area contributed by atoms with E-state index < -0.39 is 0 Å². The van der Waals surface area contributed by atoms with Gasteiger partial charge in [-0.1, -0.05) is 12.1 Å². The predicted octanol–water partition coefficient (Wildman–Crippen LogP) is 2.76. The molecule has 1 heterocycles. The molecule has 1 aromatic heterocycles. The van der Waals surface area contributed by atoms with Gasteiger partial charge in [-0.3, -0.25) is 4.79 Å². The van der Waals surface area contributed by atoms with Crippen LogP contribution in [-0.2, 0) is 0 Å². The molecule has 0 N–H and O–H groups in total. The molecule has 2 rings (SSSR count). The lowest BCUT2D eigenvalue weighted by Gasteiger charge is -1.96. The van der Waals surface area contributed by atoms with Gasteiger partial charge >= 0.3 is 0 Å². The number of rotatable bonds is 2. The van der Waals surface area contributed by atoms with Crippen LogP contribution in [0, 0.1) is 5.82 Å². The Morgan fingerprint density at radius 2 is 2.14 bits per heavy atom. The molecule has 0 aliphatic heterocycles. The summed E-state index contributed by atoms with van der Waals surface area (Å²) in [6.07, 6.45) is 2.15. The molecular weight excluding hydrogens is 201 g/mol. The van der Waals surface area contributed by atoms with Gasteiger partial charge in [0.05, 0.1) is 4.88 Å². The molecule has 0 aliphatic rings. The van der Waals surface area contributed by atoms with Gasteiger partial charge in [0.15, 0.2) is 6.29 Å². The van der Waals surface area contributed by atoms with Crippen LogP contribution in [0.15, 0.2) is 30.5 Å². The van der Waals surface area contributed by atoms with Crippen molar-refractivity contribution in [1.29, 1.82) is 0 Å². The molecule has 0 fully saturated rings. The second kappa shape index (κ2) is 3.67. The number of nitrogens with zero attached hydrogens (tertiary/aromatic N) is 1. The molecule has 2 aromatic rings. The quantitative estimate of drug-likeness (QED) is 0.709. The first-order chi connectivity index (χ1) is 6.81. The first kappa shape index (κ1) is 9.02. The van der Waals surface area contributed by atoms with Crippen molar-refractivity contribution in [3.05, 3.63) is 41.2 Å². The first-order valence-corrected chi connectivity index (χ1v) is 4.79. The third-order valence-corrected chi connectivity index (χ3v) is 2.70. The van der Waals surface area contributed by atoms with Crippen molar-refractivity contribution in [2.45, 2.75) is 0 Å². The Balaban J connectivity index is 2.49. The summed E-state index contributed by atoms with van der Waals surface area (Å²) in [5.74, 6) is -0.320. The molecule has 0 spiro atoms. The Hall–Kier alpha value is -1.55. The fraction of sp³-hybridized carbons (Fsp3) is 0. The van der Waals surface area contributed by atoms with E-state index in [0.29, 0.717) is 21.7 Å². The minimum absolute atomic E-state index is 0.320. The highest BCUT2D eigenvalue weighted by atomic mass is 32.1. The third-order valence-electron chi connectivity index (χ3n) is 1.74. The second-order valence-corrected chi connectivity index (χ2v) is 3.73. The molecule has 14 heavy (non-hydrogen) atoms. The molecule has 1 aromatic carbocycles. The van der Waals surface area contributed by atoms with Crippen LogP contribution in [0.3, 0.4) is 0 Å². The third kappa shape index (κ3) is 1.56. The van der Waals surface area contributed by atoms with Crippen LogP contribution in [0.5, 0.6) is 0 Å². The molecule has 4 heteroatoms. The van der Waals surface area contributed by atoms with Gasteiger partial charge in [0.1, 0.15) is 10.8 Å². The Kier molecular flexibility index (Phi) is 2.37. The highest BCUT2D eigenvalue weighted by molar-refractivity contribution is 7.16. The molecule has 0 atom stereocenters. The van der Waals surface area contributed by atoms with E-state index in [0.717, 1.165) is 0 Å². The zero-order valence-corrected chi connectivity index (χ0v) is 7.92. The van der Waals surface area contributed by atoms with Crippen LogP contribution in [0.4, 0.5) is 4.39 Å². The van der Waals surface area contributed by atoms with Crippen molar-refractivity contribution < 1.29 is 9.18 Å². The summed E-state index contributed by atoms with van der Waals surface area (Å²) < 4.78 is 13.3. The van der Waals surface area contributed by atoms with E-state index >= 15 is 0 Å². The molecule has 2 nitrogen and oxygen atoms in total. The van der Waals surface area contributed by atoms with Gasteiger partial charge in [-0.25, -0.2) is 9.37 Å². The maximum atomic E-state index is 13.3. The van der Waals surface area contributed by atoms with Gasteiger partial charge in [0.2, 0.25) is 0 Å². The minimum Gasteiger partial charge on any atom is -0.297 e. The van der Waals surface area contributed by atoms with Crippen molar-refractivity contribution in [3.63, 3.8) is 0 Å². The molecule has 0 aliphatic carbocycles. The van der Waals surface area contributed by atoms with Crippen molar-refractivity contribution >= 4 is 17.6 Å². The van der Waals surface area contributed by atoms with Crippen LogP contribution in [0.2, 0.25) is 0 Å². The molecule has 70 valence electrons. The zero-order chi connectivity index (χ0) is 9.97. The molecule has 0 unspecified atom stereocenters. The van der Waals surface area contributed by atoms with Crippen LogP contribution in [0.25, 0.3) is 10.6 Å². The largest absolute Gasteiger partial charge is 0.297 e. The number of aromatic nitrogens is 1. The average molecular weight is 207 g/mol. The Morgan fingerprint density at radius 3 is 2.79 bits per heavy atom. The fourth-order valence-electron chi connectivity index (χ4n) is 1.10. The van der Waals surface area contributed by atoms with Crippen LogP contribution in [-0.4, -0.2) is 11.3 Å². The lowest BCUT2D eigenvalue weighted by Crippen LogP contribution is -1.80. The predicted molar refractivity (Wildman–Crippen MR) is 52.9 cm³/mol. The summed E-state index contributed by atoms with van der Waals surface area (Å²) in [5.41, 5.74) is 0.436. The molecule has 0 saturated heterocycles. The van der Waals surface area contributed by atoms with E-state index in [2.05, 4.69) is 4.98 Å². The van der Waals surface area contributed by atoms with Gasteiger partial charge in [0, 0.05) is 11.8 Å². The number of carbonyl (C=O) groups is 1. The zero-order valence-electron chi connectivity index (χ0n) is 7.11. The number of hydrogen-bond acceptors (Lipinski definition) is 3. The van der Waals surface area contributed by atoms with Crippen LogP contribution in [0.1, 0.15) is 9.67 Å². The van der Waals surface area contributed by atoms with Gasteiger partial charge in [-0.15, -0.1) is 11.3 Å². The van der Waals surface area contributed by atoms with Crippen molar-refractivity contribution in [2.24, 2.45) is 0 Å². The van der Waals surface area contributed by atoms with E-state index in [9.17, 15) is 9.18 Å². The smallest absolute Gasteiger partial charge is 0.161 e. The summed E-state index contributed by atoms with van der Waals surface area (Å²) in [7, 11) is 0. The average Bonchev–Trinajstić information content (AvgIpc) is 2.67. The highest BCUT2D eigenvalue weighted by Crippen LogP contribution is 2.26. The number of thiazole rings is 1. The Labute approximate surface area is 84.0 Å². The summed E-state index contributed by atoms with van der Waals surface area (Å²) >= 11 is 1.18. The molecular formula is C10H6FNOS. The normalized spacial score (nSPS) is 10.1. The maximum Gasteiger partial charge on any atom is 0.161 e. The lowest BCUT2D eigenvalue weighted by atomic mass is 10.2. The van der Waals surface area contributed by atoms with E-state index in [4.69, 9.17) is 0 Å². The second-order valence-electron chi connectivity index (χ2n) is 2.67. The standard InChI is InChI=1S/C10H6FNOS/c11-9-4-2-1-3-8(9)10-12-5-7(6-13)14-10/h1-6H. The van der Waals surface area contributed by atoms with E-state index in [1.54, 1.807) is 18.2 Å². The molecule has 0 radical (unpaired) electrons. The number of halogens is 1. The van der Waals surface area contributed by atoms with Gasteiger partial charge < -0.3 is 0 Å². The number of hydrogen-bond donors (Lipinski definition) is 0. The van der Waals surface area contributed by atoms with Crippen molar-refractivity contribution in [2.75, 3.05) is 0 Å². The Morgan fingerprint density at radius 1 is 1.36 bits per heavy atom. The summed E-state index contributed by atoms with van der Waals surface area (Å²) in [6, 6.07) is 6.37. The van der Waals surface area contributed by atoms with Crippen molar-refractivity contribution in [1.82, 2.24) is 4.98 Å². The molecule has 0 amide bonds. The SMILES string of the molecule is O=Cc1cnc(-c2ccccc2F)s1. The number of aldehydes is 1. The lowest BCUT2D eigenvalue weighted by molar-refractivity contribution is 0.112. The minimum atomic E-state index is -0.320. The number of carbonyl (C=O) groups excluding carboxylic acids is 1. The van der Waals surface area contributed by atoms with E-state index in [1.165, 1.54) is 23.6 Å². The summed E-state index contributed by atoms with van der Waals surface area (Å²) in [5, 5.41) is 0.533. The first-order valence-electron chi connectivity index (χ1n) is 3.97. The van der Waals surface area contributed by atoms with Crippen molar-refractivity contribution in [3.8, 4) is 10.6 Å². The Bertz CT molecular complexity index is 467. The molecule has 0 saturated carbocycles. The molecule has 0 bridgehead atoms. The highest BCUT2D eigenvalue weighted by Gasteiger charge is 2.07. The summed E-state index contributed by atoms with van der Waals surface area (Å²) in [4.78, 5) is 14.9. The van der Waals surface area contributed by atoms with E-state index in [1.807, 2.05) is 0 Å². The van der Waals surface area contributed by atoms with Crippen LogP contribution >= 0.6 is 11.3 Å². The van der Waals surface area contributed by atoms with Crippen LogP contribution < -0.4 is 0 Å². The monoisotopic (exact) mass is 207 g/mol. The fourth-order valence-corrected chi connectivity index (χ4v) is 1.86. The van der Waals surface area contributed by atoms with Gasteiger partial charge in [0.25, 0.3) is 0 Å². The number of benzene rings is 1. The van der Waals surface area contributed by atoms with E-state index in [-0.39, 0.29) is 5.82 Å². The van der Waals surface area contributed by atoms with Gasteiger partial charge in [-0.2, -0.15) is 0 Å². The topological polar surface area (TPSA) is 30.0 Å². The summed E-state index contributed by atoms with van der Waals surface area (Å²) in [6.45, 7) is 0.